The summed E-state index contributed by atoms with van der Waals surface area (Å²) in [4.78, 5) is 35.1. The molecule has 2 aliphatic carbocycles. The Morgan fingerprint density at radius 3 is 1.81 bits per heavy atom. The molecule has 7 heteroatoms. The Kier molecular flexibility index (Phi) is 8.19. The summed E-state index contributed by atoms with van der Waals surface area (Å²) in [6.45, 7) is -0.495. The van der Waals surface area contributed by atoms with Gasteiger partial charge in [0.25, 0.3) is 11.8 Å². The molecule has 3 aliphatic rings. The number of carboxylic acids is 1. The van der Waals surface area contributed by atoms with Crippen LogP contribution in [0.3, 0.4) is 0 Å². The maximum atomic E-state index is 11.9. The third-order valence-corrected chi connectivity index (χ3v) is 6.53. The Morgan fingerprint density at radius 1 is 0.968 bits per heavy atom. The van der Waals surface area contributed by atoms with E-state index in [-0.39, 0.29) is 11.1 Å². The number of fused-ring (bicyclic) bond motifs is 1. The fourth-order valence-electron chi connectivity index (χ4n) is 4.79. The normalized spacial score (nSPS) is 20.4. The number of carbonyl (C=O) groups excluding carboxylic acids is 3. The van der Waals surface area contributed by atoms with Gasteiger partial charge in [0.2, 0.25) is 0 Å². The smallest absolute Gasteiger partial charge is 0.261 e. The first-order chi connectivity index (χ1) is 15.0. The number of nitrogens with two attached hydrogens (primary N) is 1. The molecular weight excluding hydrogens is 394 g/mol. The van der Waals surface area contributed by atoms with E-state index in [0.29, 0.717) is 0 Å². The summed E-state index contributed by atoms with van der Waals surface area (Å²) in [6.07, 6.45) is 15.0. The highest BCUT2D eigenvalue weighted by Gasteiger charge is 2.36. The summed E-state index contributed by atoms with van der Waals surface area (Å²) in [5.41, 5.74) is 0.440. The van der Waals surface area contributed by atoms with Crippen LogP contribution in [0.15, 0.2) is 24.3 Å². The van der Waals surface area contributed by atoms with E-state index in [1.807, 2.05) is 0 Å². The molecule has 2 saturated carbocycles. The van der Waals surface area contributed by atoms with Crippen molar-refractivity contribution in [3.05, 3.63) is 35.4 Å². The van der Waals surface area contributed by atoms with Gasteiger partial charge in [-0.1, -0.05) is 25.0 Å². The van der Waals surface area contributed by atoms with Crippen molar-refractivity contribution >= 4 is 17.8 Å². The largest absolute Gasteiger partial charge is 0.549 e. The third kappa shape index (κ3) is 5.92. The highest BCUT2D eigenvalue weighted by molar-refractivity contribution is 6.21. The van der Waals surface area contributed by atoms with Crippen LogP contribution in [-0.2, 0) is 4.79 Å². The lowest BCUT2D eigenvalue weighted by molar-refractivity contribution is -0.725. The van der Waals surface area contributed by atoms with Gasteiger partial charge in [0.15, 0.2) is 0 Å². The molecule has 4 rings (SSSR count). The van der Waals surface area contributed by atoms with Crippen LogP contribution in [0.25, 0.3) is 0 Å². The SMILES string of the molecule is C1CCC([NH2+]C2CCCCC2)CC1.N#CC(CN1C(=O)c2ccccc2C1=O)C(=O)[O-]. The molecule has 0 aromatic heterocycles. The van der Waals surface area contributed by atoms with E-state index in [1.54, 1.807) is 12.1 Å². The van der Waals surface area contributed by atoms with Gasteiger partial charge >= 0.3 is 0 Å². The Labute approximate surface area is 183 Å². The van der Waals surface area contributed by atoms with Crippen LogP contribution >= 0.6 is 0 Å². The lowest BCUT2D eigenvalue weighted by Crippen LogP contribution is -2.95. The molecule has 2 N–H and O–H groups in total. The number of quaternary nitrogens is 1. The maximum Gasteiger partial charge on any atom is 0.261 e. The second-order valence-corrected chi connectivity index (χ2v) is 8.76. The lowest BCUT2D eigenvalue weighted by Gasteiger charge is -2.27. The molecule has 2 amide bonds. The van der Waals surface area contributed by atoms with Gasteiger partial charge in [0.05, 0.1) is 41.8 Å². The van der Waals surface area contributed by atoms with Crippen molar-refractivity contribution in [2.24, 2.45) is 5.92 Å². The monoisotopic (exact) mass is 425 g/mol. The predicted octanol–water partition coefficient (Wildman–Crippen LogP) is 1.39. The number of amides is 2. The van der Waals surface area contributed by atoms with E-state index >= 15 is 0 Å². The predicted molar refractivity (Wildman–Crippen MR) is 112 cm³/mol. The molecular formula is C24H31N3O4. The Morgan fingerprint density at radius 2 is 1.42 bits per heavy atom. The van der Waals surface area contributed by atoms with Crippen molar-refractivity contribution < 1.29 is 24.8 Å². The number of nitrogens with zero attached hydrogens (tertiary/aromatic N) is 2. The minimum Gasteiger partial charge on any atom is -0.549 e. The summed E-state index contributed by atoms with van der Waals surface area (Å²) in [5, 5.41) is 22.0. The van der Waals surface area contributed by atoms with E-state index in [9.17, 15) is 19.5 Å². The molecule has 2 fully saturated rings. The van der Waals surface area contributed by atoms with Crippen LogP contribution in [0.5, 0.6) is 0 Å². The molecule has 1 atom stereocenters. The van der Waals surface area contributed by atoms with Crippen molar-refractivity contribution in [1.82, 2.24) is 4.90 Å². The van der Waals surface area contributed by atoms with Crippen LogP contribution in [0.4, 0.5) is 0 Å². The van der Waals surface area contributed by atoms with Gasteiger partial charge in [-0.05, 0) is 63.5 Å². The van der Waals surface area contributed by atoms with Crippen molar-refractivity contribution in [3.8, 4) is 6.07 Å². The van der Waals surface area contributed by atoms with Gasteiger partial charge in [-0.25, -0.2) is 0 Å². The molecule has 31 heavy (non-hydrogen) atoms. The molecule has 1 aromatic rings. The zero-order valence-electron chi connectivity index (χ0n) is 17.9. The fraction of sp³-hybridized carbons (Fsp3) is 0.583. The second-order valence-electron chi connectivity index (χ2n) is 8.76. The fourth-order valence-corrected chi connectivity index (χ4v) is 4.79. The Hall–Kier alpha value is -2.72. The third-order valence-electron chi connectivity index (χ3n) is 6.53. The number of carbonyl (C=O) groups is 3. The first-order valence-electron chi connectivity index (χ1n) is 11.4. The van der Waals surface area contributed by atoms with Crippen molar-refractivity contribution in [2.75, 3.05) is 6.54 Å². The molecule has 0 spiro atoms. The van der Waals surface area contributed by atoms with Crippen molar-refractivity contribution in [3.63, 3.8) is 0 Å². The summed E-state index contributed by atoms with van der Waals surface area (Å²) in [6, 6.07) is 9.66. The molecule has 166 valence electrons. The zero-order chi connectivity index (χ0) is 22.2. The number of hydrogen-bond donors (Lipinski definition) is 1. The summed E-state index contributed by atoms with van der Waals surface area (Å²) in [7, 11) is 0. The van der Waals surface area contributed by atoms with Gasteiger partial charge < -0.3 is 15.2 Å². The molecule has 7 nitrogen and oxygen atoms in total. The van der Waals surface area contributed by atoms with Crippen LogP contribution in [-0.4, -0.2) is 41.3 Å². The average Bonchev–Trinajstić information content (AvgIpc) is 3.04. The average molecular weight is 426 g/mol. The van der Waals surface area contributed by atoms with Gasteiger partial charge in [0, 0.05) is 0 Å². The number of carboxylic acid groups (broad SMARTS) is 1. The van der Waals surface area contributed by atoms with Crippen LogP contribution in [0, 0.1) is 17.2 Å². The number of imide groups is 1. The van der Waals surface area contributed by atoms with Gasteiger partial charge in [-0.15, -0.1) is 0 Å². The molecule has 1 aliphatic heterocycles. The van der Waals surface area contributed by atoms with E-state index in [4.69, 9.17) is 5.26 Å². The quantitative estimate of drug-likeness (QED) is 0.715. The van der Waals surface area contributed by atoms with Gasteiger partial charge in [0.1, 0.15) is 5.92 Å². The molecule has 0 saturated heterocycles. The molecule has 0 bridgehead atoms. The lowest BCUT2D eigenvalue weighted by atomic mass is 9.91. The Bertz CT molecular complexity index is 784. The van der Waals surface area contributed by atoms with E-state index in [0.717, 1.165) is 17.0 Å². The summed E-state index contributed by atoms with van der Waals surface area (Å²) >= 11 is 0. The highest BCUT2D eigenvalue weighted by atomic mass is 16.4. The van der Waals surface area contributed by atoms with Crippen molar-refractivity contribution in [2.45, 2.75) is 76.3 Å². The van der Waals surface area contributed by atoms with Crippen LogP contribution in [0.2, 0.25) is 0 Å². The molecule has 0 radical (unpaired) electrons. The number of benzene rings is 1. The van der Waals surface area contributed by atoms with Gasteiger partial charge in [-0.2, -0.15) is 5.26 Å². The molecule has 1 aromatic carbocycles. The highest BCUT2D eigenvalue weighted by Crippen LogP contribution is 2.23. The minimum absolute atomic E-state index is 0.220. The zero-order valence-corrected chi connectivity index (χ0v) is 17.9. The number of rotatable bonds is 5. The topological polar surface area (TPSA) is 118 Å². The van der Waals surface area contributed by atoms with Gasteiger partial charge in [-0.3, -0.25) is 14.5 Å². The maximum absolute atomic E-state index is 11.9. The molecule has 1 heterocycles. The van der Waals surface area contributed by atoms with E-state index in [2.05, 4.69) is 5.32 Å². The number of nitriles is 1. The second kappa shape index (κ2) is 11.1. The number of hydrogen-bond acceptors (Lipinski definition) is 5. The van der Waals surface area contributed by atoms with E-state index in [1.165, 1.54) is 82.4 Å². The Balaban J connectivity index is 0.000000185. The van der Waals surface area contributed by atoms with Crippen LogP contribution in [0.1, 0.15) is 84.9 Å². The van der Waals surface area contributed by atoms with E-state index < -0.39 is 30.2 Å². The first kappa shape index (κ1) is 23.0. The molecule has 1 unspecified atom stereocenters. The number of aliphatic carboxylic acids is 1. The summed E-state index contributed by atoms with van der Waals surface area (Å²) < 4.78 is 0. The first-order valence-corrected chi connectivity index (χ1v) is 11.4. The minimum atomic E-state index is -1.60. The standard InChI is InChI=1S/C12H8N2O4.C12H23N/c13-5-7(12(17)18)6-14-10(15)8-3-1-2-4-9(8)11(14)16;1-3-7-11(8-4-1)13-12-9-5-2-6-10-12/h1-4,7H,6H2,(H,17,18);11-13H,1-10H2. The van der Waals surface area contributed by atoms with Crippen LogP contribution < -0.4 is 10.4 Å². The summed E-state index contributed by atoms with van der Waals surface area (Å²) in [5.74, 6) is -4.30. The van der Waals surface area contributed by atoms with Crippen molar-refractivity contribution in [1.29, 1.82) is 5.26 Å².